The number of aliphatic imine (C=N–C) groups is 1. The highest BCUT2D eigenvalue weighted by atomic mass is 127. The Morgan fingerprint density at radius 2 is 1.97 bits per heavy atom. The summed E-state index contributed by atoms with van der Waals surface area (Å²) >= 11 is 1.01. The van der Waals surface area contributed by atoms with Crippen molar-refractivity contribution >= 4 is 47.2 Å². The first-order valence-corrected chi connectivity index (χ1v) is 10.2. The first-order chi connectivity index (χ1) is 13.8. The maximum Gasteiger partial charge on any atom is 0.434 e. The predicted molar refractivity (Wildman–Crippen MR) is 120 cm³/mol. The molecule has 13 heteroatoms. The number of aromatic nitrogens is 1. The van der Waals surface area contributed by atoms with E-state index in [9.17, 15) is 18.0 Å². The minimum absolute atomic E-state index is 0. The summed E-state index contributed by atoms with van der Waals surface area (Å²) in [5.41, 5.74) is -0.843. The number of thiazole rings is 1. The number of hydrogen-bond acceptors (Lipinski definition) is 6. The molecule has 1 aliphatic heterocycles. The fourth-order valence-corrected chi connectivity index (χ4v) is 3.64. The summed E-state index contributed by atoms with van der Waals surface area (Å²) < 4.78 is 42.7. The third-order valence-electron chi connectivity index (χ3n) is 4.34. The van der Waals surface area contributed by atoms with Crippen molar-refractivity contribution in [2.24, 2.45) is 4.99 Å². The van der Waals surface area contributed by atoms with E-state index in [1.807, 2.05) is 0 Å². The van der Waals surface area contributed by atoms with Crippen LogP contribution in [0.15, 0.2) is 10.4 Å². The number of amides is 1. The van der Waals surface area contributed by atoms with Crippen molar-refractivity contribution in [3.63, 3.8) is 0 Å². The van der Waals surface area contributed by atoms with Gasteiger partial charge in [0.2, 0.25) is 5.91 Å². The maximum absolute atomic E-state index is 12.6. The minimum Gasteiger partial charge on any atom is -0.383 e. The normalized spacial score (nSPS) is 15.6. The van der Waals surface area contributed by atoms with E-state index in [4.69, 9.17) is 4.74 Å². The fourth-order valence-electron chi connectivity index (χ4n) is 2.84. The number of nitrogens with zero attached hydrogens (tertiary/aromatic N) is 4. The molecular formula is C17H28F3IN6O2S. The van der Waals surface area contributed by atoms with Crippen molar-refractivity contribution < 1.29 is 22.7 Å². The molecule has 2 heterocycles. The molecule has 30 heavy (non-hydrogen) atoms. The monoisotopic (exact) mass is 564 g/mol. The summed E-state index contributed by atoms with van der Waals surface area (Å²) in [6.07, 6.45) is -4.01. The van der Waals surface area contributed by atoms with Crippen LogP contribution in [-0.2, 0) is 22.1 Å². The number of alkyl halides is 3. The molecule has 0 unspecified atom stereocenters. The van der Waals surface area contributed by atoms with Crippen molar-refractivity contribution in [2.45, 2.75) is 12.6 Å². The van der Waals surface area contributed by atoms with Crippen molar-refractivity contribution in [3.05, 3.63) is 16.1 Å². The Morgan fingerprint density at radius 3 is 2.53 bits per heavy atom. The molecule has 0 radical (unpaired) electrons. The van der Waals surface area contributed by atoms with Crippen LogP contribution < -0.4 is 10.6 Å². The number of rotatable bonds is 8. The molecule has 0 bridgehead atoms. The number of methoxy groups -OCH3 is 1. The number of piperazine rings is 1. The van der Waals surface area contributed by atoms with Gasteiger partial charge in [0.1, 0.15) is 0 Å². The first-order valence-electron chi connectivity index (χ1n) is 9.28. The zero-order valence-electron chi connectivity index (χ0n) is 17.0. The molecule has 1 aromatic rings. The fraction of sp³-hybridized carbons (Fsp3) is 0.706. The van der Waals surface area contributed by atoms with Crippen LogP contribution in [0.2, 0.25) is 0 Å². The highest BCUT2D eigenvalue weighted by molar-refractivity contribution is 14.0. The minimum atomic E-state index is -4.40. The van der Waals surface area contributed by atoms with Crippen LogP contribution in [0.3, 0.4) is 0 Å². The van der Waals surface area contributed by atoms with E-state index in [1.165, 1.54) is 0 Å². The molecule has 1 aromatic heterocycles. The van der Waals surface area contributed by atoms with Crippen LogP contribution in [0.1, 0.15) is 10.7 Å². The Bertz CT molecular complexity index is 681. The van der Waals surface area contributed by atoms with Gasteiger partial charge in [0.25, 0.3) is 0 Å². The quantitative estimate of drug-likeness (QED) is 0.215. The van der Waals surface area contributed by atoms with Gasteiger partial charge in [-0.25, -0.2) is 4.98 Å². The second-order valence-electron chi connectivity index (χ2n) is 6.45. The number of carbonyl (C=O) groups is 1. The van der Waals surface area contributed by atoms with Crippen LogP contribution in [-0.4, -0.2) is 93.2 Å². The smallest absolute Gasteiger partial charge is 0.383 e. The summed E-state index contributed by atoms with van der Waals surface area (Å²) in [4.78, 5) is 23.9. The van der Waals surface area contributed by atoms with Crippen molar-refractivity contribution in [1.82, 2.24) is 25.4 Å². The van der Waals surface area contributed by atoms with Crippen LogP contribution in [0.25, 0.3) is 0 Å². The van der Waals surface area contributed by atoms with Gasteiger partial charge >= 0.3 is 6.18 Å². The molecule has 0 aromatic carbocycles. The van der Waals surface area contributed by atoms with Crippen LogP contribution in [0.5, 0.6) is 0 Å². The molecule has 8 nitrogen and oxygen atoms in total. The van der Waals surface area contributed by atoms with E-state index >= 15 is 0 Å². The molecule has 172 valence electrons. The second kappa shape index (κ2) is 13.3. The summed E-state index contributed by atoms with van der Waals surface area (Å²) in [6, 6.07) is 0. The number of ether oxygens (including phenoxy) is 1. The summed E-state index contributed by atoms with van der Waals surface area (Å²) in [5.74, 6) is 0.668. The number of guanidine groups is 1. The average molecular weight is 564 g/mol. The largest absolute Gasteiger partial charge is 0.434 e. The van der Waals surface area contributed by atoms with Gasteiger partial charge in [-0.15, -0.1) is 35.3 Å². The molecule has 1 saturated heterocycles. The van der Waals surface area contributed by atoms with Gasteiger partial charge in [0.15, 0.2) is 11.7 Å². The topological polar surface area (TPSA) is 82.1 Å². The molecule has 0 aliphatic carbocycles. The third kappa shape index (κ3) is 8.89. The predicted octanol–water partition coefficient (Wildman–Crippen LogP) is 1.28. The Hall–Kier alpha value is -1.19. The van der Waals surface area contributed by atoms with E-state index in [-0.39, 0.29) is 29.9 Å². The average Bonchev–Trinajstić information content (AvgIpc) is 3.16. The lowest BCUT2D eigenvalue weighted by Gasteiger charge is -2.36. The summed E-state index contributed by atoms with van der Waals surface area (Å²) in [5, 5.41) is 7.45. The third-order valence-corrected chi connectivity index (χ3v) is 5.25. The van der Waals surface area contributed by atoms with E-state index in [0.29, 0.717) is 56.7 Å². The van der Waals surface area contributed by atoms with Gasteiger partial charge in [-0.2, -0.15) is 13.2 Å². The lowest BCUT2D eigenvalue weighted by molar-refractivity contribution is -0.140. The van der Waals surface area contributed by atoms with Crippen LogP contribution in [0.4, 0.5) is 13.2 Å². The Balaban J connectivity index is 0.00000450. The second-order valence-corrected chi connectivity index (χ2v) is 7.40. The molecule has 1 aliphatic rings. The van der Waals surface area contributed by atoms with Crippen molar-refractivity contribution in [2.75, 3.05) is 66.6 Å². The lowest BCUT2D eigenvalue weighted by atomic mass is 10.3. The van der Waals surface area contributed by atoms with Gasteiger partial charge < -0.3 is 20.3 Å². The lowest BCUT2D eigenvalue weighted by Crippen LogP contribution is -2.54. The summed E-state index contributed by atoms with van der Waals surface area (Å²) in [6.45, 7) is 4.63. The van der Waals surface area contributed by atoms with Crippen LogP contribution in [0, 0.1) is 0 Å². The molecule has 1 fully saturated rings. The number of carbonyl (C=O) groups excluding carboxylic acids is 1. The van der Waals surface area contributed by atoms with Gasteiger partial charge in [-0.05, 0) is 0 Å². The van der Waals surface area contributed by atoms with Gasteiger partial charge in [0, 0.05) is 65.2 Å². The van der Waals surface area contributed by atoms with Crippen molar-refractivity contribution in [1.29, 1.82) is 0 Å². The van der Waals surface area contributed by atoms with E-state index in [1.54, 1.807) is 14.2 Å². The number of nitrogens with one attached hydrogen (secondary N) is 2. The molecule has 1 amide bonds. The standard InChI is InChI=1S/C17H27F3N6O2S.HI/c1-21-16(23-4-3-15-24-13(12-29-15)17(18,19)20)26-8-6-25(7-9-26)11-14(27)22-5-10-28-2;/h12H,3-11H2,1-2H3,(H,21,23)(H,22,27);1H. The van der Waals surface area contributed by atoms with Gasteiger partial charge in [-0.1, -0.05) is 0 Å². The molecule has 2 rings (SSSR count). The van der Waals surface area contributed by atoms with Crippen LogP contribution >= 0.6 is 35.3 Å². The number of halogens is 4. The van der Waals surface area contributed by atoms with E-state index in [0.717, 1.165) is 29.8 Å². The van der Waals surface area contributed by atoms with Gasteiger partial charge in [0.05, 0.1) is 18.2 Å². The molecule has 0 saturated carbocycles. The molecule has 0 spiro atoms. The Labute approximate surface area is 195 Å². The highest BCUT2D eigenvalue weighted by Gasteiger charge is 2.33. The SMILES string of the molecule is CN=C(NCCc1nc(C(F)(F)F)cs1)N1CCN(CC(=O)NCCOC)CC1.I. The zero-order chi connectivity index (χ0) is 21.3. The van der Waals surface area contributed by atoms with E-state index in [2.05, 4.69) is 30.4 Å². The number of hydrogen-bond donors (Lipinski definition) is 2. The van der Waals surface area contributed by atoms with E-state index < -0.39 is 11.9 Å². The maximum atomic E-state index is 12.6. The molecule has 0 atom stereocenters. The molecular weight excluding hydrogens is 536 g/mol. The Kier molecular flexibility index (Phi) is 11.9. The zero-order valence-corrected chi connectivity index (χ0v) is 20.1. The Morgan fingerprint density at radius 1 is 1.27 bits per heavy atom. The van der Waals surface area contributed by atoms with Gasteiger partial charge in [-0.3, -0.25) is 14.7 Å². The highest BCUT2D eigenvalue weighted by Crippen LogP contribution is 2.29. The first kappa shape index (κ1) is 26.8. The summed E-state index contributed by atoms with van der Waals surface area (Å²) in [7, 11) is 3.26. The van der Waals surface area contributed by atoms with Crippen molar-refractivity contribution in [3.8, 4) is 0 Å². The molecule has 2 N–H and O–H groups in total.